The molecule has 0 unspecified atom stereocenters. The zero-order valence-electron chi connectivity index (χ0n) is 11.6. The van der Waals surface area contributed by atoms with E-state index in [0.29, 0.717) is 17.3 Å². The first kappa shape index (κ1) is 13.2. The van der Waals surface area contributed by atoms with Crippen LogP contribution in [0, 0.1) is 12.7 Å². The predicted molar refractivity (Wildman–Crippen MR) is 78.1 cm³/mol. The van der Waals surface area contributed by atoms with Crippen molar-refractivity contribution in [3.63, 3.8) is 0 Å². The fraction of sp³-hybridized carbons (Fsp3) is 0.133. The van der Waals surface area contributed by atoms with E-state index in [9.17, 15) is 4.39 Å². The molecule has 0 aliphatic carbocycles. The van der Waals surface area contributed by atoms with E-state index < -0.39 is 5.82 Å². The maximum atomic E-state index is 13.8. The maximum Gasteiger partial charge on any atom is 0.223 e. The van der Waals surface area contributed by atoms with Crippen molar-refractivity contribution in [1.82, 2.24) is 15.0 Å². The lowest BCUT2D eigenvalue weighted by Gasteiger charge is -2.07. The smallest absolute Gasteiger partial charge is 0.223 e. The molecule has 3 aromatic rings. The van der Waals surface area contributed by atoms with Gasteiger partial charge in [-0.3, -0.25) is 0 Å². The number of rotatable bonds is 3. The Kier molecular flexibility index (Phi) is 3.35. The van der Waals surface area contributed by atoms with Crippen LogP contribution in [0.25, 0.3) is 10.9 Å². The highest BCUT2D eigenvalue weighted by Gasteiger charge is 2.07. The highest BCUT2D eigenvalue weighted by Crippen LogP contribution is 2.25. The van der Waals surface area contributed by atoms with E-state index >= 15 is 0 Å². The van der Waals surface area contributed by atoms with Crippen molar-refractivity contribution in [3.8, 4) is 11.6 Å². The van der Waals surface area contributed by atoms with Crippen molar-refractivity contribution >= 4 is 16.9 Å². The van der Waals surface area contributed by atoms with Crippen molar-refractivity contribution in [1.29, 1.82) is 0 Å². The molecule has 21 heavy (non-hydrogen) atoms. The van der Waals surface area contributed by atoms with Gasteiger partial charge in [0.25, 0.3) is 0 Å². The molecule has 1 aromatic carbocycles. The molecule has 0 atom stereocenters. The van der Waals surface area contributed by atoms with Gasteiger partial charge in [0.05, 0.1) is 11.7 Å². The quantitative estimate of drug-likeness (QED) is 0.799. The summed E-state index contributed by atoms with van der Waals surface area (Å²) in [5, 5.41) is 3.63. The molecule has 0 saturated heterocycles. The monoisotopic (exact) mass is 284 g/mol. The second kappa shape index (κ2) is 5.32. The lowest BCUT2D eigenvalue weighted by atomic mass is 10.2. The van der Waals surface area contributed by atoms with Crippen LogP contribution in [0.4, 0.5) is 10.3 Å². The van der Waals surface area contributed by atoms with E-state index in [-0.39, 0.29) is 5.75 Å². The van der Waals surface area contributed by atoms with E-state index in [4.69, 9.17) is 4.74 Å². The average molecular weight is 284 g/mol. The van der Waals surface area contributed by atoms with Gasteiger partial charge >= 0.3 is 0 Å². The van der Waals surface area contributed by atoms with Gasteiger partial charge in [-0.15, -0.1) is 0 Å². The molecule has 6 heteroatoms. The molecule has 3 rings (SSSR count). The Bertz CT molecular complexity index is 807. The standard InChI is InChI=1S/C15H13FN4O/c1-9-3-4-13(11(16)5-9)21-14-6-10-7-19-15(17-2)20-12(10)8-18-14/h3-8H,1-2H3,(H,17,19,20). The van der Waals surface area contributed by atoms with Crippen molar-refractivity contribution in [2.45, 2.75) is 6.92 Å². The molecule has 0 radical (unpaired) electrons. The van der Waals surface area contributed by atoms with Gasteiger partial charge in [0.2, 0.25) is 11.8 Å². The van der Waals surface area contributed by atoms with Crippen molar-refractivity contribution in [2.75, 3.05) is 12.4 Å². The van der Waals surface area contributed by atoms with Gasteiger partial charge in [-0.2, -0.15) is 0 Å². The normalized spacial score (nSPS) is 10.6. The van der Waals surface area contributed by atoms with E-state index in [2.05, 4.69) is 20.3 Å². The van der Waals surface area contributed by atoms with Crippen molar-refractivity contribution in [3.05, 3.63) is 48.0 Å². The van der Waals surface area contributed by atoms with Gasteiger partial charge in [0, 0.05) is 24.7 Å². The van der Waals surface area contributed by atoms with Gasteiger partial charge in [-0.05, 0) is 24.6 Å². The molecule has 0 saturated carbocycles. The van der Waals surface area contributed by atoms with Crippen LogP contribution >= 0.6 is 0 Å². The number of nitrogens with one attached hydrogen (secondary N) is 1. The summed E-state index contributed by atoms with van der Waals surface area (Å²) >= 11 is 0. The number of aryl methyl sites for hydroxylation is 1. The number of aromatic nitrogens is 3. The number of hydrogen-bond acceptors (Lipinski definition) is 5. The third-order valence-electron chi connectivity index (χ3n) is 2.97. The average Bonchev–Trinajstić information content (AvgIpc) is 2.49. The number of ether oxygens (including phenoxy) is 1. The maximum absolute atomic E-state index is 13.8. The van der Waals surface area contributed by atoms with E-state index in [1.54, 1.807) is 37.6 Å². The summed E-state index contributed by atoms with van der Waals surface area (Å²) in [4.78, 5) is 12.5. The van der Waals surface area contributed by atoms with Crippen LogP contribution in [0.1, 0.15) is 5.56 Å². The second-order valence-electron chi connectivity index (χ2n) is 4.56. The molecule has 5 nitrogen and oxygen atoms in total. The number of halogens is 1. The Labute approximate surface area is 120 Å². The lowest BCUT2D eigenvalue weighted by molar-refractivity contribution is 0.428. The minimum Gasteiger partial charge on any atom is -0.436 e. The van der Waals surface area contributed by atoms with Gasteiger partial charge in [0.1, 0.15) is 0 Å². The highest BCUT2D eigenvalue weighted by molar-refractivity contribution is 5.78. The Morgan fingerprint density at radius 3 is 2.76 bits per heavy atom. The minimum absolute atomic E-state index is 0.139. The zero-order chi connectivity index (χ0) is 14.8. The third kappa shape index (κ3) is 2.74. The number of benzene rings is 1. The number of pyridine rings is 1. The summed E-state index contributed by atoms with van der Waals surface area (Å²) in [6.07, 6.45) is 3.23. The molecule has 106 valence electrons. The highest BCUT2D eigenvalue weighted by atomic mass is 19.1. The molecule has 0 aliphatic rings. The number of fused-ring (bicyclic) bond motifs is 1. The first-order chi connectivity index (χ1) is 10.2. The molecule has 2 heterocycles. The second-order valence-corrected chi connectivity index (χ2v) is 4.56. The minimum atomic E-state index is -0.418. The SMILES string of the molecule is CNc1ncc2cc(Oc3ccc(C)cc3F)ncc2n1. The molecule has 0 fully saturated rings. The van der Waals surface area contributed by atoms with Crippen LogP contribution in [0.3, 0.4) is 0 Å². The van der Waals surface area contributed by atoms with Gasteiger partial charge in [0.15, 0.2) is 11.6 Å². The molecule has 0 bridgehead atoms. The molecular weight excluding hydrogens is 271 g/mol. The van der Waals surface area contributed by atoms with Crippen molar-refractivity contribution in [2.24, 2.45) is 0 Å². The Morgan fingerprint density at radius 1 is 1.14 bits per heavy atom. The Hall–Kier alpha value is -2.76. The number of anilines is 1. The molecule has 0 aliphatic heterocycles. The van der Waals surface area contributed by atoms with E-state index in [1.165, 1.54) is 6.07 Å². The number of hydrogen-bond donors (Lipinski definition) is 1. The molecule has 1 N–H and O–H groups in total. The molecule has 2 aromatic heterocycles. The van der Waals surface area contributed by atoms with Gasteiger partial charge in [-0.25, -0.2) is 19.3 Å². The fourth-order valence-electron chi connectivity index (χ4n) is 1.89. The van der Waals surface area contributed by atoms with Crippen LogP contribution in [0.2, 0.25) is 0 Å². The summed E-state index contributed by atoms with van der Waals surface area (Å²) in [5.41, 5.74) is 1.52. The summed E-state index contributed by atoms with van der Waals surface area (Å²) in [5.74, 6) is 0.535. The first-order valence-electron chi connectivity index (χ1n) is 6.40. The largest absolute Gasteiger partial charge is 0.436 e. The van der Waals surface area contributed by atoms with Crippen LogP contribution in [-0.4, -0.2) is 22.0 Å². The van der Waals surface area contributed by atoms with Gasteiger partial charge in [-0.1, -0.05) is 6.07 Å². The van der Waals surface area contributed by atoms with Crippen LogP contribution in [-0.2, 0) is 0 Å². The van der Waals surface area contributed by atoms with Crippen LogP contribution < -0.4 is 10.1 Å². The van der Waals surface area contributed by atoms with Crippen molar-refractivity contribution < 1.29 is 9.13 Å². The summed E-state index contributed by atoms with van der Waals surface area (Å²) in [7, 11) is 1.74. The molecule has 0 amide bonds. The molecular formula is C15H13FN4O. The Morgan fingerprint density at radius 2 is 2.00 bits per heavy atom. The predicted octanol–water partition coefficient (Wildman–Crippen LogP) is 3.31. The van der Waals surface area contributed by atoms with E-state index in [1.807, 2.05) is 6.92 Å². The first-order valence-corrected chi connectivity index (χ1v) is 6.40. The van der Waals surface area contributed by atoms with Gasteiger partial charge < -0.3 is 10.1 Å². The zero-order valence-corrected chi connectivity index (χ0v) is 11.6. The number of nitrogens with zero attached hydrogens (tertiary/aromatic N) is 3. The fourth-order valence-corrected chi connectivity index (χ4v) is 1.89. The Balaban J connectivity index is 1.94. The summed E-state index contributed by atoms with van der Waals surface area (Å²) < 4.78 is 19.2. The summed E-state index contributed by atoms with van der Waals surface area (Å²) in [6.45, 7) is 1.82. The van der Waals surface area contributed by atoms with Crippen LogP contribution in [0.5, 0.6) is 11.6 Å². The van der Waals surface area contributed by atoms with E-state index in [0.717, 1.165) is 10.9 Å². The van der Waals surface area contributed by atoms with Crippen LogP contribution in [0.15, 0.2) is 36.7 Å². The molecule has 0 spiro atoms. The topological polar surface area (TPSA) is 59.9 Å². The lowest BCUT2D eigenvalue weighted by Crippen LogP contribution is -1.97. The summed E-state index contributed by atoms with van der Waals surface area (Å²) in [6, 6.07) is 6.45. The third-order valence-corrected chi connectivity index (χ3v) is 2.97.